The SMILES string of the molecule is [3H]C([3H])(O)[C@@H](OC(=O)c1ccccc1)[C@@H]1OC(OC(C)=O)[C@H](OC(=O)c2ccccc2)[C@H]1OC(=O)c1ccccc1. The van der Waals surface area contributed by atoms with E-state index in [1.165, 1.54) is 36.4 Å². The summed E-state index contributed by atoms with van der Waals surface area (Å²) in [4.78, 5) is 50.9. The molecule has 1 aliphatic heterocycles. The molecule has 0 saturated carbocycles. The minimum Gasteiger partial charge on any atom is -0.453 e. The number of ether oxygens (including phenoxy) is 5. The van der Waals surface area contributed by atoms with Crippen molar-refractivity contribution in [1.29, 1.82) is 0 Å². The summed E-state index contributed by atoms with van der Waals surface area (Å²) in [5.41, 5.74) is 0.219. The smallest absolute Gasteiger partial charge is 0.338 e. The maximum atomic E-state index is 13.1. The second-order valence-electron chi connectivity index (χ2n) is 8.37. The van der Waals surface area contributed by atoms with Crippen molar-refractivity contribution in [3.8, 4) is 0 Å². The third-order valence-corrected chi connectivity index (χ3v) is 5.66. The van der Waals surface area contributed by atoms with Crippen LogP contribution in [0.1, 0.15) is 40.7 Å². The molecule has 1 fully saturated rings. The molecule has 4 rings (SSSR count). The van der Waals surface area contributed by atoms with Crippen molar-refractivity contribution >= 4 is 23.9 Å². The van der Waals surface area contributed by atoms with E-state index in [-0.39, 0.29) is 16.7 Å². The number of benzene rings is 3. The summed E-state index contributed by atoms with van der Waals surface area (Å²) < 4.78 is 43.5. The fourth-order valence-corrected chi connectivity index (χ4v) is 3.87. The van der Waals surface area contributed by atoms with Crippen LogP contribution in [0.2, 0.25) is 0 Å². The highest BCUT2D eigenvalue weighted by Gasteiger charge is 2.55. The minimum absolute atomic E-state index is 0.0289. The number of rotatable bonds is 9. The van der Waals surface area contributed by atoms with E-state index in [1.807, 2.05) is 0 Å². The molecule has 1 heterocycles. The first-order valence-electron chi connectivity index (χ1n) is 12.9. The average Bonchev–Trinajstić information content (AvgIpc) is 3.27. The first-order valence-corrected chi connectivity index (χ1v) is 11.9. The molecule has 0 amide bonds. The predicted molar refractivity (Wildman–Crippen MR) is 134 cm³/mol. The molecule has 1 saturated heterocycles. The third kappa shape index (κ3) is 6.86. The van der Waals surface area contributed by atoms with Crippen molar-refractivity contribution in [2.45, 2.75) is 37.6 Å². The average molecular weight is 539 g/mol. The van der Waals surface area contributed by atoms with Crippen LogP contribution < -0.4 is 0 Å². The summed E-state index contributed by atoms with van der Waals surface area (Å²) in [5, 5.41) is 10.4. The van der Waals surface area contributed by atoms with Gasteiger partial charge in [-0.05, 0) is 36.4 Å². The number of hydrogen-bond acceptors (Lipinski definition) is 10. The van der Waals surface area contributed by atoms with Crippen molar-refractivity contribution < 1.29 is 50.7 Å². The summed E-state index contributed by atoms with van der Waals surface area (Å²) in [5.74, 6) is -3.73. The van der Waals surface area contributed by atoms with Gasteiger partial charge in [-0.15, -0.1) is 0 Å². The summed E-state index contributed by atoms with van der Waals surface area (Å²) in [6.45, 7) is -2.21. The Morgan fingerprint density at radius 2 is 1.18 bits per heavy atom. The first kappa shape index (κ1) is 24.8. The zero-order valence-corrected chi connectivity index (χ0v) is 20.7. The quantitative estimate of drug-likeness (QED) is 0.320. The molecule has 0 aromatic heterocycles. The molecule has 0 radical (unpaired) electrons. The van der Waals surface area contributed by atoms with E-state index in [4.69, 9.17) is 26.4 Å². The molecular formula is C29H26O10. The minimum atomic E-state index is -3.26. The van der Waals surface area contributed by atoms with Gasteiger partial charge in [-0.2, -0.15) is 0 Å². The standard InChI is InChI=1S/C29H26O10/c1-18(31)35-29-25(38-28(34)21-15-9-4-10-16-21)24(37-27(33)20-13-7-3-8-14-20)23(39-29)22(17-30)36-26(32)19-11-5-2-6-12-19/h2-16,22-25,29-30H,17H2,1H3/t22-,23+,24+,25-,29?/m1/s1/i17T2. The van der Waals surface area contributed by atoms with E-state index in [9.17, 15) is 24.3 Å². The normalized spacial score (nSPS) is 22.0. The molecule has 5 atom stereocenters. The van der Waals surface area contributed by atoms with Crippen LogP contribution >= 0.6 is 0 Å². The van der Waals surface area contributed by atoms with Crippen LogP contribution in [-0.2, 0) is 28.5 Å². The van der Waals surface area contributed by atoms with Gasteiger partial charge in [-0.3, -0.25) is 4.79 Å². The summed E-state index contributed by atoms with van der Waals surface area (Å²) in [7, 11) is 0. The van der Waals surface area contributed by atoms with Crippen molar-refractivity contribution in [3.05, 3.63) is 108 Å². The molecule has 0 aliphatic carbocycles. The molecule has 3 aromatic carbocycles. The molecule has 1 unspecified atom stereocenters. The van der Waals surface area contributed by atoms with Crippen molar-refractivity contribution in [1.82, 2.24) is 0 Å². The lowest BCUT2D eigenvalue weighted by Gasteiger charge is -2.27. The van der Waals surface area contributed by atoms with Gasteiger partial charge in [0.1, 0.15) is 6.10 Å². The summed E-state index contributed by atoms with van der Waals surface area (Å²) >= 11 is 0. The maximum Gasteiger partial charge on any atom is 0.338 e. The lowest BCUT2D eigenvalue weighted by Crippen LogP contribution is -2.47. The molecule has 1 aliphatic rings. The largest absolute Gasteiger partial charge is 0.453 e. The van der Waals surface area contributed by atoms with Gasteiger partial charge in [0, 0.05) is 6.92 Å². The molecule has 202 valence electrons. The Morgan fingerprint density at radius 3 is 1.62 bits per heavy atom. The van der Waals surface area contributed by atoms with E-state index in [0.29, 0.717) is 0 Å². The van der Waals surface area contributed by atoms with Gasteiger partial charge in [-0.25, -0.2) is 14.4 Å². The van der Waals surface area contributed by atoms with Gasteiger partial charge in [0.25, 0.3) is 0 Å². The Kier molecular flexibility index (Phi) is 8.14. The van der Waals surface area contributed by atoms with E-state index in [0.717, 1.165) is 6.92 Å². The molecular weight excluding hydrogens is 508 g/mol. The Morgan fingerprint density at radius 1 is 0.744 bits per heavy atom. The number of carbonyl (C=O) groups excluding carboxylic acids is 4. The number of esters is 4. The summed E-state index contributed by atoms with van der Waals surface area (Å²) in [6, 6.07) is 23.0. The van der Waals surface area contributed by atoms with Crippen LogP contribution in [0.15, 0.2) is 91.0 Å². The number of aliphatic hydroxyl groups is 1. The van der Waals surface area contributed by atoms with Gasteiger partial charge in [0.15, 0.2) is 12.2 Å². The molecule has 10 nitrogen and oxygen atoms in total. The van der Waals surface area contributed by atoms with Crippen LogP contribution in [0, 0.1) is 0 Å². The first-order chi connectivity index (χ1) is 19.5. The van der Waals surface area contributed by atoms with Crippen molar-refractivity contribution in [3.63, 3.8) is 0 Å². The van der Waals surface area contributed by atoms with Crippen LogP contribution in [0.5, 0.6) is 0 Å². The maximum absolute atomic E-state index is 13.1. The highest BCUT2D eigenvalue weighted by Crippen LogP contribution is 2.32. The van der Waals surface area contributed by atoms with Gasteiger partial charge in [0.05, 0.1) is 26.0 Å². The highest BCUT2D eigenvalue weighted by atomic mass is 16.8. The lowest BCUT2D eigenvalue weighted by atomic mass is 10.0. The Labute approximate surface area is 226 Å². The van der Waals surface area contributed by atoms with E-state index in [1.54, 1.807) is 54.6 Å². The van der Waals surface area contributed by atoms with Crippen LogP contribution in [0.3, 0.4) is 0 Å². The summed E-state index contributed by atoms with van der Waals surface area (Å²) in [6.07, 6.45) is -9.02. The van der Waals surface area contributed by atoms with E-state index < -0.39 is 61.1 Å². The lowest BCUT2D eigenvalue weighted by molar-refractivity contribution is -0.193. The Balaban J connectivity index is 1.73. The van der Waals surface area contributed by atoms with Crippen LogP contribution in [0.25, 0.3) is 0 Å². The van der Waals surface area contributed by atoms with E-state index in [2.05, 4.69) is 0 Å². The van der Waals surface area contributed by atoms with Crippen molar-refractivity contribution in [2.75, 3.05) is 6.56 Å². The number of carbonyl (C=O) groups is 4. The second kappa shape index (κ2) is 12.8. The van der Waals surface area contributed by atoms with Gasteiger partial charge in [-0.1, -0.05) is 54.6 Å². The molecule has 1 N–H and O–H groups in total. The zero-order valence-electron chi connectivity index (χ0n) is 22.7. The Hall–Kier alpha value is -4.54. The van der Waals surface area contributed by atoms with Crippen molar-refractivity contribution in [2.24, 2.45) is 0 Å². The highest BCUT2D eigenvalue weighted by molar-refractivity contribution is 5.91. The fourth-order valence-electron chi connectivity index (χ4n) is 3.87. The van der Waals surface area contributed by atoms with Crippen LogP contribution in [-0.4, -0.2) is 66.2 Å². The van der Waals surface area contributed by atoms with Gasteiger partial charge < -0.3 is 28.8 Å². The van der Waals surface area contributed by atoms with Gasteiger partial charge >= 0.3 is 23.9 Å². The molecule has 3 aromatic rings. The molecule has 39 heavy (non-hydrogen) atoms. The fraction of sp³-hybridized carbons (Fsp3) is 0.241. The third-order valence-electron chi connectivity index (χ3n) is 5.66. The monoisotopic (exact) mass is 538 g/mol. The van der Waals surface area contributed by atoms with E-state index >= 15 is 0 Å². The van der Waals surface area contributed by atoms with Gasteiger partial charge in [0.2, 0.25) is 12.4 Å². The topological polar surface area (TPSA) is 135 Å². The molecule has 0 bridgehead atoms. The van der Waals surface area contributed by atoms with Crippen LogP contribution in [0.4, 0.5) is 0 Å². The predicted octanol–water partition coefficient (Wildman–Crippen LogP) is 2.94. The molecule has 0 spiro atoms. The second-order valence-corrected chi connectivity index (χ2v) is 8.37. The Bertz CT molecular complexity index is 1360. The molecule has 10 heteroatoms. The zero-order chi connectivity index (χ0) is 29.6. The number of hydrogen-bond donors (Lipinski definition) is 1.